The van der Waals surface area contributed by atoms with E-state index in [0.717, 1.165) is 6.07 Å². The average Bonchev–Trinajstić information content (AvgIpc) is 2.40. The van der Waals surface area contributed by atoms with Crippen LogP contribution >= 0.6 is 0 Å². The van der Waals surface area contributed by atoms with Crippen molar-refractivity contribution in [2.45, 2.75) is 13.5 Å². The third-order valence-electron chi connectivity index (χ3n) is 2.40. The molecule has 0 spiro atoms. The van der Waals surface area contributed by atoms with Gasteiger partial charge < -0.3 is 14.2 Å². The van der Waals surface area contributed by atoms with Crippen LogP contribution < -0.4 is 4.74 Å². The summed E-state index contributed by atoms with van der Waals surface area (Å²) >= 11 is 0. The average molecular weight is 270 g/mol. The number of halogens is 1. The lowest BCUT2D eigenvalue weighted by Gasteiger charge is -2.12. The van der Waals surface area contributed by atoms with Crippen LogP contribution in [0.1, 0.15) is 22.8 Å². The fourth-order valence-corrected chi connectivity index (χ4v) is 1.60. The highest BCUT2D eigenvalue weighted by atomic mass is 19.1. The summed E-state index contributed by atoms with van der Waals surface area (Å²) < 4.78 is 28.1. The van der Waals surface area contributed by atoms with E-state index in [1.165, 1.54) is 20.3 Å². The van der Waals surface area contributed by atoms with Gasteiger partial charge in [0.05, 0.1) is 31.5 Å². The molecular weight excluding hydrogens is 255 g/mol. The van der Waals surface area contributed by atoms with Crippen molar-refractivity contribution in [1.82, 2.24) is 0 Å². The molecule has 0 radical (unpaired) electrons. The second kappa shape index (κ2) is 6.84. The summed E-state index contributed by atoms with van der Waals surface area (Å²) in [5.41, 5.74) is 0.0366. The molecule has 0 fully saturated rings. The Hall–Kier alpha value is -1.95. The molecule has 0 aliphatic rings. The number of rotatable bonds is 6. The molecule has 0 aromatic heterocycles. The van der Waals surface area contributed by atoms with Crippen LogP contribution in [0.25, 0.3) is 0 Å². The Bertz CT molecular complexity index is 484. The number of hydrogen-bond donors (Lipinski definition) is 0. The van der Waals surface area contributed by atoms with Crippen LogP contribution in [0.4, 0.5) is 4.39 Å². The maximum absolute atomic E-state index is 13.6. The minimum absolute atomic E-state index is 0.0140. The summed E-state index contributed by atoms with van der Waals surface area (Å²) in [6, 6.07) is 2.27. The van der Waals surface area contributed by atoms with Gasteiger partial charge in [0.15, 0.2) is 0 Å². The van der Waals surface area contributed by atoms with Crippen molar-refractivity contribution in [2.75, 3.05) is 20.8 Å². The van der Waals surface area contributed by atoms with E-state index < -0.39 is 17.6 Å². The van der Waals surface area contributed by atoms with Crippen molar-refractivity contribution >= 4 is 11.8 Å². The van der Waals surface area contributed by atoms with E-state index in [2.05, 4.69) is 4.74 Å². The first-order valence-corrected chi connectivity index (χ1v) is 5.62. The predicted octanol–water partition coefficient (Wildman–Crippen LogP) is 1.73. The Morgan fingerprint density at radius 1 is 1.26 bits per heavy atom. The maximum atomic E-state index is 13.6. The summed E-state index contributed by atoms with van der Waals surface area (Å²) in [6.07, 6.45) is 0. The van der Waals surface area contributed by atoms with Crippen LogP contribution in [0.2, 0.25) is 0 Å². The van der Waals surface area contributed by atoms with E-state index >= 15 is 0 Å². The second-order valence-corrected chi connectivity index (χ2v) is 3.59. The zero-order valence-electron chi connectivity index (χ0n) is 11.0. The molecule has 19 heavy (non-hydrogen) atoms. The number of benzene rings is 1. The maximum Gasteiger partial charge on any atom is 0.379 e. The van der Waals surface area contributed by atoms with Crippen molar-refractivity contribution in [3.05, 3.63) is 29.1 Å². The second-order valence-electron chi connectivity index (χ2n) is 3.59. The molecule has 0 aliphatic heterocycles. The molecule has 0 unspecified atom stereocenters. The molecular formula is C13H15FO5. The van der Waals surface area contributed by atoms with Crippen LogP contribution in [0, 0.1) is 5.82 Å². The van der Waals surface area contributed by atoms with Gasteiger partial charge in [-0.05, 0) is 19.1 Å². The van der Waals surface area contributed by atoms with Crippen LogP contribution in [0.5, 0.6) is 5.75 Å². The standard InChI is InChI=1S/C13H15FO5/c1-4-19-13(16)11(15)8-5-6-10(14)9(7-17-2)12(8)18-3/h5-6H,4,7H2,1-3H3. The minimum Gasteiger partial charge on any atom is -0.495 e. The quantitative estimate of drug-likeness (QED) is 0.447. The van der Waals surface area contributed by atoms with Crippen molar-refractivity contribution in [2.24, 2.45) is 0 Å². The molecule has 1 rings (SSSR count). The van der Waals surface area contributed by atoms with Crippen molar-refractivity contribution in [3.8, 4) is 5.75 Å². The summed E-state index contributed by atoms with van der Waals surface area (Å²) in [6.45, 7) is 1.60. The van der Waals surface area contributed by atoms with Gasteiger partial charge in [0.1, 0.15) is 11.6 Å². The van der Waals surface area contributed by atoms with E-state index in [1.54, 1.807) is 6.92 Å². The SMILES string of the molecule is CCOC(=O)C(=O)c1ccc(F)c(COC)c1OC. The lowest BCUT2D eigenvalue weighted by atomic mass is 10.0. The minimum atomic E-state index is -1.00. The van der Waals surface area contributed by atoms with Crippen LogP contribution in [-0.2, 0) is 20.9 Å². The number of carbonyl (C=O) groups is 2. The zero-order valence-corrected chi connectivity index (χ0v) is 11.0. The van der Waals surface area contributed by atoms with Gasteiger partial charge in [-0.15, -0.1) is 0 Å². The van der Waals surface area contributed by atoms with Crippen LogP contribution in [0.15, 0.2) is 12.1 Å². The molecule has 0 bridgehead atoms. The molecule has 6 heteroatoms. The third kappa shape index (κ3) is 3.29. The molecule has 0 saturated carbocycles. The summed E-state index contributed by atoms with van der Waals surface area (Å²) in [4.78, 5) is 23.3. The number of ether oxygens (including phenoxy) is 3. The van der Waals surface area contributed by atoms with Gasteiger partial charge in [-0.3, -0.25) is 4.79 Å². The van der Waals surface area contributed by atoms with Gasteiger partial charge in [-0.25, -0.2) is 9.18 Å². The zero-order chi connectivity index (χ0) is 14.4. The molecule has 0 heterocycles. The number of methoxy groups -OCH3 is 2. The summed E-state index contributed by atoms with van der Waals surface area (Å²) in [5.74, 6) is -2.47. The van der Waals surface area contributed by atoms with E-state index in [0.29, 0.717) is 0 Å². The highest BCUT2D eigenvalue weighted by Crippen LogP contribution is 2.28. The predicted molar refractivity (Wildman–Crippen MR) is 64.6 cm³/mol. The van der Waals surface area contributed by atoms with E-state index in [9.17, 15) is 14.0 Å². The number of Topliss-reactive ketones (excluding diaryl/α,β-unsaturated/α-hetero) is 1. The first-order valence-electron chi connectivity index (χ1n) is 5.62. The van der Waals surface area contributed by atoms with Gasteiger partial charge in [0.25, 0.3) is 5.78 Å². The lowest BCUT2D eigenvalue weighted by molar-refractivity contribution is -0.137. The fourth-order valence-electron chi connectivity index (χ4n) is 1.60. The molecule has 0 atom stereocenters. The van der Waals surface area contributed by atoms with Gasteiger partial charge in [0, 0.05) is 7.11 Å². The summed E-state index contributed by atoms with van der Waals surface area (Å²) in [7, 11) is 2.68. The third-order valence-corrected chi connectivity index (χ3v) is 2.40. The summed E-state index contributed by atoms with van der Waals surface area (Å²) in [5, 5.41) is 0. The van der Waals surface area contributed by atoms with E-state index in [-0.39, 0.29) is 30.1 Å². The Kier molecular flexibility index (Phi) is 5.44. The van der Waals surface area contributed by atoms with E-state index in [1.807, 2.05) is 0 Å². The van der Waals surface area contributed by atoms with E-state index in [4.69, 9.17) is 9.47 Å². The molecule has 0 amide bonds. The lowest BCUT2D eigenvalue weighted by Crippen LogP contribution is -2.19. The molecule has 104 valence electrons. The Labute approximate surface area is 110 Å². The van der Waals surface area contributed by atoms with Crippen molar-refractivity contribution < 1.29 is 28.2 Å². The van der Waals surface area contributed by atoms with Gasteiger partial charge in [0.2, 0.25) is 0 Å². The molecule has 0 saturated heterocycles. The Morgan fingerprint density at radius 3 is 2.47 bits per heavy atom. The molecule has 1 aromatic carbocycles. The smallest absolute Gasteiger partial charge is 0.379 e. The molecule has 5 nitrogen and oxygen atoms in total. The normalized spacial score (nSPS) is 10.1. The van der Waals surface area contributed by atoms with Crippen molar-refractivity contribution in [1.29, 1.82) is 0 Å². The number of carbonyl (C=O) groups excluding carboxylic acids is 2. The molecule has 0 aliphatic carbocycles. The van der Waals surface area contributed by atoms with Crippen molar-refractivity contribution in [3.63, 3.8) is 0 Å². The highest BCUT2D eigenvalue weighted by Gasteiger charge is 2.25. The van der Waals surface area contributed by atoms with Crippen LogP contribution in [0.3, 0.4) is 0 Å². The fraction of sp³-hybridized carbons (Fsp3) is 0.385. The molecule has 0 N–H and O–H groups in total. The number of esters is 1. The highest BCUT2D eigenvalue weighted by molar-refractivity contribution is 6.41. The van der Waals surface area contributed by atoms with Gasteiger partial charge >= 0.3 is 5.97 Å². The Balaban J connectivity index is 3.24. The van der Waals surface area contributed by atoms with Gasteiger partial charge in [-0.1, -0.05) is 0 Å². The first-order chi connectivity index (χ1) is 9.06. The largest absolute Gasteiger partial charge is 0.495 e. The topological polar surface area (TPSA) is 61.8 Å². The first kappa shape index (κ1) is 15.1. The monoisotopic (exact) mass is 270 g/mol. The molecule has 1 aromatic rings. The Morgan fingerprint density at radius 2 is 1.95 bits per heavy atom. The number of ketones is 1. The van der Waals surface area contributed by atoms with Gasteiger partial charge in [-0.2, -0.15) is 0 Å². The number of hydrogen-bond acceptors (Lipinski definition) is 5. The van der Waals surface area contributed by atoms with Crippen LogP contribution in [-0.4, -0.2) is 32.6 Å².